The molecule has 0 saturated heterocycles. The van der Waals surface area contributed by atoms with Crippen molar-refractivity contribution in [2.45, 2.75) is 13.0 Å². The van der Waals surface area contributed by atoms with E-state index in [1.165, 1.54) is 12.1 Å². The molecule has 0 saturated carbocycles. The Kier molecular flexibility index (Phi) is 4.28. The van der Waals surface area contributed by atoms with Gasteiger partial charge in [0, 0.05) is 12.3 Å². The summed E-state index contributed by atoms with van der Waals surface area (Å²) in [6.07, 6.45) is 1.08. The first-order valence-electron chi connectivity index (χ1n) is 5.23. The van der Waals surface area contributed by atoms with Gasteiger partial charge in [-0.25, -0.2) is 12.8 Å². The van der Waals surface area contributed by atoms with E-state index in [2.05, 4.69) is 5.32 Å². The number of sulfone groups is 1. The van der Waals surface area contributed by atoms with E-state index in [9.17, 15) is 17.6 Å². The minimum absolute atomic E-state index is 0.00430. The summed E-state index contributed by atoms with van der Waals surface area (Å²) in [6.45, 7) is 1.55. The van der Waals surface area contributed by atoms with Crippen LogP contribution < -0.4 is 11.1 Å². The van der Waals surface area contributed by atoms with Crippen molar-refractivity contribution in [1.29, 1.82) is 0 Å². The van der Waals surface area contributed by atoms with E-state index in [1.54, 1.807) is 6.92 Å². The van der Waals surface area contributed by atoms with Crippen LogP contribution in [0.4, 0.5) is 10.1 Å². The number of para-hydroxylation sites is 1. The maximum absolute atomic E-state index is 13.1. The van der Waals surface area contributed by atoms with Crippen LogP contribution in [0.3, 0.4) is 0 Å². The molecular formula is C11H15FN2O3S. The molecule has 1 rings (SSSR count). The van der Waals surface area contributed by atoms with E-state index >= 15 is 0 Å². The lowest BCUT2D eigenvalue weighted by Crippen LogP contribution is -2.37. The number of nitrogens with two attached hydrogens (primary N) is 1. The highest BCUT2D eigenvalue weighted by Crippen LogP contribution is 2.15. The minimum Gasteiger partial charge on any atom is -0.396 e. The monoisotopic (exact) mass is 274 g/mol. The zero-order valence-corrected chi connectivity index (χ0v) is 10.9. The highest BCUT2D eigenvalue weighted by atomic mass is 32.2. The van der Waals surface area contributed by atoms with Crippen LogP contribution in [0.15, 0.2) is 18.2 Å². The van der Waals surface area contributed by atoms with Crippen LogP contribution >= 0.6 is 0 Å². The van der Waals surface area contributed by atoms with Gasteiger partial charge in [-0.2, -0.15) is 0 Å². The second-order valence-electron chi connectivity index (χ2n) is 4.17. The summed E-state index contributed by atoms with van der Waals surface area (Å²) in [5.74, 6) is -1.46. The molecule has 0 radical (unpaired) electrons. The van der Waals surface area contributed by atoms with Crippen molar-refractivity contribution < 1.29 is 17.6 Å². The third-order valence-electron chi connectivity index (χ3n) is 2.23. The van der Waals surface area contributed by atoms with Crippen LogP contribution in [0, 0.1) is 5.82 Å². The number of nitrogens with one attached hydrogen (secondary N) is 1. The molecule has 0 aliphatic carbocycles. The summed E-state index contributed by atoms with van der Waals surface area (Å²) in [5.41, 5.74) is 5.18. The lowest BCUT2D eigenvalue weighted by Gasteiger charge is -2.13. The van der Waals surface area contributed by atoms with Gasteiger partial charge in [-0.15, -0.1) is 0 Å². The summed E-state index contributed by atoms with van der Waals surface area (Å²) in [7, 11) is -3.19. The molecule has 5 nitrogen and oxygen atoms in total. The number of benzene rings is 1. The molecule has 1 amide bonds. The number of hydrogen-bond donors (Lipinski definition) is 2. The number of hydrogen-bond acceptors (Lipinski definition) is 4. The Morgan fingerprint density at radius 3 is 2.67 bits per heavy atom. The van der Waals surface area contributed by atoms with Gasteiger partial charge in [0.1, 0.15) is 15.7 Å². The molecule has 1 unspecified atom stereocenters. The average Bonchev–Trinajstić information content (AvgIpc) is 2.18. The fourth-order valence-corrected chi connectivity index (χ4v) is 2.52. The first kappa shape index (κ1) is 14.4. The molecule has 1 aromatic rings. The smallest absolute Gasteiger partial charge is 0.253 e. The molecule has 100 valence electrons. The Morgan fingerprint density at radius 2 is 2.11 bits per heavy atom. The summed E-state index contributed by atoms with van der Waals surface area (Å²) >= 11 is 0. The van der Waals surface area contributed by atoms with Crippen LogP contribution in [-0.2, 0) is 9.84 Å². The van der Waals surface area contributed by atoms with Gasteiger partial charge in [0.05, 0.1) is 17.0 Å². The fraction of sp³-hybridized carbons (Fsp3) is 0.364. The summed E-state index contributed by atoms with van der Waals surface area (Å²) in [5, 5.41) is 2.46. The molecule has 1 atom stereocenters. The molecule has 3 N–H and O–H groups in total. The molecule has 7 heteroatoms. The number of carbonyl (C=O) groups is 1. The third-order valence-corrected chi connectivity index (χ3v) is 3.33. The van der Waals surface area contributed by atoms with Gasteiger partial charge in [-0.1, -0.05) is 6.07 Å². The topological polar surface area (TPSA) is 89.3 Å². The van der Waals surface area contributed by atoms with Gasteiger partial charge >= 0.3 is 0 Å². The number of amides is 1. The Morgan fingerprint density at radius 1 is 1.50 bits per heavy atom. The number of halogens is 1. The Bertz CT molecular complexity index is 557. The first-order chi connectivity index (χ1) is 8.20. The molecule has 0 aromatic heterocycles. The average molecular weight is 274 g/mol. The second kappa shape index (κ2) is 5.34. The van der Waals surface area contributed by atoms with Crippen molar-refractivity contribution in [1.82, 2.24) is 5.32 Å². The van der Waals surface area contributed by atoms with Gasteiger partial charge in [-0.3, -0.25) is 4.79 Å². The maximum Gasteiger partial charge on any atom is 0.253 e. The zero-order chi connectivity index (χ0) is 13.9. The first-order valence-corrected chi connectivity index (χ1v) is 7.29. The van der Waals surface area contributed by atoms with Crippen molar-refractivity contribution in [3.05, 3.63) is 29.6 Å². The number of anilines is 1. The number of nitrogen functional groups attached to an aromatic ring is 1. The van der Waals surface area contributed by atoms with Crippen LogP contribution in [-0.4, -0.2) is 32.4 Å². The fourth-order valence-electron chi connectivity index (χ4n) is 1.53. The molecule has 0 aliphatic rings. The van der Waals surface area contributed by atoms with Gasteiger partial charge < -0.3 is 11.1 Å². The molecule has 18 heavy (non-hydrogen) atoms. The van der Waals surface area contributed by atoms with Gasteiger partial charge in [0.15, 0.2) is 0 Å². The molecule has 0 spiro atoms. The summed E-state index contributed by atoms with van der Waals surface area (Å²) in [4.78, 5) is 11.8. The molecule has 0 fully saturated rings. The maximum atomic E-state index is 13.1. The lowest BCUT2D eigenvalue weighted by atomic mass is 10.1. The van der Waals surface area contributed by atoms with E-state index in [-0.39, 0.29) is 17.0 Å². The quantitative estimate of drug-likeness (QED) is 0.786. The van der Waals surface area contributed by atoms with Crippen molar-refractivity contribution in [3.63, 3.8) is 0 Å². The van der Waals surface area contributed by atoms with E-state index in [0.717, 1.165) is 12.3 Å². The normalized spacial score (nSPS) is 13.1. The zero-order valence-electron chi connectivity index (χ0n) is 10.1. The van der Waals surface area contributed by atoms with E-state index < -0.39 is 27.6 Å². The lowest BCUT2D eigenvalue weighted by molar-refractivity contribution is 0.0944. The van der Waals surface area contributed by atoms with Crippen molar-refractivity contribution in [3.8, 4) is 0 Å². The molecule has 0 bridgehead atoms. The van der Waals surface area contributed by atoms with Crippen molar-refractivity contribution >= 4 is 21.4 Å². The van der Waals surface area contributed by atoms with Gasteiger partial charge in [0.2, 0.25) is 0 Å². The highest BCUT2D eigenvalue weighted by molar-refractivity contribution is 7.90. The Hall–Kier alpha value is -1.63. The largest absolute Gasteiger partial charge is 0.396 e. The van der Waals surface area contributed by atoms with Crippen LogP contribution in [0.1, 0.15) is 17.3 Å². The minimum atomic E-state index is -3.19. The van der Waals surface area contributed by atoms with Crippen molar-refractivity contribution in [2.75, 3.05) is 17.7 Å². The van der Waals surface area contributed by atoms with Gasteiger partial charge in [-0.05, 0) is 19.1 Å². The number of rotatable bonds is 4. The summed E-state index contributed by atoms with van der Waals surface area (Å²) in [6, 6.07) is 3.31. The van der Waals surface area contributed by atoms with E-state index in [0.29, 0.717) is 0 Å². The molecule has 0 aliphatic heterocycles. The van der Waals surface area contributed by atoms with Crippen molar-refractivity contribution in [2.24, 2.45) is 0 Å². The highest BCUT2D eigenvalue weighted by Gasteiger charge is 2.17. The second-order valence-corrected chi connectivity index (χ2v) is 6.35. The molecule has 1 aromatic carbocycles. The van der Waals surface area contributed by atoms with Crippen LogP contribution in [0.25, 0.3) is 0 Å². The van der Waals surface area contributed by atoms with E-state index in [4.69, 9.17) is 5.73 Å². The summed E-state index contributed by atoms with van der Waals surface area (Å²) < 4.78 is 35.2. The SMILES string of the molecule is CC(CS(C)(=O)=O)NC(=O)c1cccc(F)c1N. The van der Waals surface area contributed by atoms with Crippen LogP contribution in [0.2, 0.25) is 0 Å². The molecule has 0 heterocycles. The predicted molar refractivity (Wildman–Crippen MR) is 67.5 cm³/mol. The van der Waals surface area contributed by atoms with Gasteiger partial charge in [0.25, 0.3) is 5.91 Å². The predicted octanol–water partition coefficient (Wildman–Crippen LogP) is 0.571. The van der Waals surface area contributed by atoms with Crippen LogP contribution in [0.5, 0.6) is 0 Å². The third kappa shape index (κ3) is 3.99. The standard InChI is InChI=1S/C11H15FN2O3S/c1-7(6-18(2,16)17)14-11(15)8-4-3-5-9(12)10(8)13/h3-5,7H,6,13H2,1-2H3,(H,14,15). The molecular weight excluding hydrogens is 259 g/mol. The van der Waals surface area contributed by atoms with E-state index in [1.807, 2.05) is 0 Å². The number of carbonyl (C=O) groups excluding carboxylic acids is 1. The Balaban J connectivity index is 2.80. The Labute approximate surface area is 105 Å².